The van der Waals surface area contributed by atoms with Crippen LogP contribution >= 0.6 is 0 Å². The highest BCUT2D eigenvalue weighted by atomic mass is 32.2. The number of esters is 1. The summed E-state index contributed by atoms with van der Waals surface area (Å²) in [5, 5.41) is 5.11. The average molecular weight is 821 g/mol. The highest BCUT2D eigenvalue weighted by Crippen LogP contribution is 2.26. The Morgan fingerprint density at radius 1 is 0.931 bits per heavy atom. The third-order valence-electron chi connectivity index (χ3n) is 10.3. The Morgan fingerprint density at radius 3 is 2.28 bits per heavy atom. The van der Waals surface area contributed by atoms with Gasteiger partial charge in [-0.3, -0.25) is 23.7 Å². The second kappa shape index (κ2) is 17.0. The number of aromatic nitrogens is 3. The lowest BCUT2D eigenvalue weighted by Crippen LogP contribution is -2.45. The van der Waals surface area contributed by atoms with E-state index < -0.39 is 73.6 Å². The van der Waals surface area contributed by atoms with Crippen molar-refractivity contribution in [3.63, 3.8) is 0 Å². The van der Waals surface area contributed by atoms with Crippen LogP contribution in [-0.2, 0) is 50.7 Å². The number of carbonyl (C=O) groups excluding carboxylic acids is 3. The normalized spacial score (nSPS) is 15.2. The first-order valence-electron chi connectivity index (χ1n) is 19.2. The zero-order valence-corrected chi connectivity index (χ0v) is 33.5. The first-order chi connectivity index (χ1) is 27.4. The number of ether oxygens (including phenoxy) is 1. The molecule has 2 aliphatic carbocycles. The second-order valence-electron chi connectivity index (χ2n) is 15.7. The molecule has 2 amide bonds. The summed E-state index contributed by atoms with van der Waals surface area (Å²) in [5.74, 6) is -4.75. The lowest BCUT2D eigenvalue weighted by molar-refractivity contribution is -0.152. The molecule has 1 atom stereocenters. The Balaban J connectivity index is 1.20. The lowest BCUT2D eigenvalue weighted by atomic mass is 9.95. The number of nitrogens with zero attached hydrogens (tertiary/aromatic N) is 3. The van der Waals surface area contributed by atoms with Gasteiger partial charge in [0.2, 0.25) is 5.91 Å². The molecule has 0 aliphatic heterocycles. The molecule has 0 spiro atoms. The third kappa shape index (κ3) is 9.35. The van der Waals surface area contributed by atoms with E-state index in [1.807, 2.05) is 4.72 Å². The first-order valence-corrected chi connectivity index (χ1v) is 20.6. The van der Waals surface area contributed by atoms with Crippen LogP contribution in [0.3, 0.4) is 0 Å². The zero-order chi connectivity index (χ0) is 41.9. The van der Waals surface area contributed by atoms with Crippen molar-refractivity contribution in [1.82, 2.24) is 19.4 Å². The monoisotopic (exact) mass is 820 g/mol. The zero-order valence-electron chi connectivity index (χ0n) is 32.7. The van der Waals surface area contributed by atoms with Crippen LogP contribution in [0.2, 0.25) is 0 Å². The predicted molar refractivity (Wildman–Crippen MR) is 211 cm³/mol. The van der Waals surface area contributed by atoms with E-state index in [4.69, 9.17) is 4.74 Å². The minimum Gasteiger partial charge on any atom is -0.461 e. The van der Waals surface area contributed by atoms with Gasteiger partial charge in [0.05, 0.1) is 16.1 Å². The number of halogens is 2. The summed E-state index contributed by atoms with van der Waals surface area (Å²) in [4.78, 5) is 69.9. The highest BCUT2D eigenvalue weighted by molar-refractivity contribution is 7.92. The van der Waals surface area contributed by atoms with Gasteiger partial charge in [-0.2, -0.15) is 0 Å². The summed E-state index contributed by atoms with van der Waals surface area (Å²) in [6.07, 6.45) is 7.59. The van der Waals surface area contributed by atoms with Gasteiger partial charge in [0.1, 0.15) is 29.6 Å². The molecule has 14 nitrogen and oxygen atoms in total. The van der Waals surface area contributed by atoms with E-state index >= 15 is 8.78 Å². The van der Waals surface area contributed by atoms with Crippen molar-refractivity contribution in [2.24, 2.45) is 12.5 Å². The van der Waals surface area contributed by atoms with Crippen molar-refractivity contribution in [1.29, 1.82) is 0 Å². The lowest BCUT2D eigenvalue weighted by Gasteiger charge is -2.25. The molecule has 4 aromatic rings. The topological polar surface area (TPSA) is 188 Å². The van der Waals surface area contributed by atoms with Crippen molar-refractivity contribution in [2.75, 3.05) is 10.0 Å². The molecule has 3 N–H and O–H groups in total. The number of hydrogen-bond donors (Lipinski definition) is 3. The van der Waals surface area contributed by atoms with Crippen LogP contribution in [0.5, 0.6) is 0 Å². The minimum absolute atomic E-state index is 0.0722. The average Bonchev–Trinajstić information content (AvgIpc) is 3.18. The summed E-state index contributed by atoms with van der Waals surface area (Å²) < 4.78 is 67.2. The van der Waals surface area contributed by atoms with Gasteiger partial charge in [0.15, 0.2) is 0 Å². The number of carbonyl (C=O) groups is 3. The van der Waals surface area contributed by atoms with Crippen molar-refractivity contribution in [2.45, 2.75) is 102 Å². The van der Waals surface area contributed by atoms with Crippen molar-refractivity contribution in [3.8, 4) is 5.82 Å². The van der Waals surface area contributed by atoms with Gasteiger partial charge in [0.25, 0.3) is 21.5 Å². The summed E-state index contributed by atoms with van der Waals surface area (Å²) >= 11 is 0. The molecule has 0 bridgehead atoms. The predicted octanol–water partition coefficient (Wildman–Crippen LogP) is 5.09. The number of anilines is 2. The van der Waals surface area contributed by atoms with E-state index in [1.165, 1.54) is 47.2 Å². The van der Waals surface area contributed by atoms with Crippen molar-refractivity contribution in [3.05, 3.63) is 110 Å². The van der Waals surface area contributed by atoms with Crippen LogP contribution < -0.4 is 26.6 Å². The van der Waals surface area contributed by atoms with Gasteiger partial charge in [-0.25, -0.2) is 36.3 Å². The van der Waals surface area contributed by atoms with Crippen LogP contribution in [0.15, 0.2) is 69.2 Å². The van der Waals surface area contributed by atoms with E-state index in [1.54, 1.807) is 27.8 Å². The third-order valence-corrected chi connectivity index (χ3v) is 11.7. The molecule has 0 unspecified atom stereocenters. The van der Waals surface area contributed by atoms with Gasteiger partial charge in [-0.05, 0) is 93.3 Å². The van der Waals surface area contributed by atoms with Gasteiger partial charge in [0, 0.05) is 48.1 Å². The number of amides is 2. The molecule has 0 radical (unpaired) electrons. The van der Waals surface area contributed by atoms with Crippen molar-refractivity contribution >= 4 is 39.2 Å². The molecule has 17 heteroatoms. The Labute approximate surface area is 334 Å². The van der Waals surface area contributed by atoms with Gasteiger partial charge in [-0.1, -0.05) is 33.3 Å². The fourth-order valence-electron chi connectivity index (χ4n) is 6.98. The van der Waals surface area contributed by atoms with E-state index in [0.29, 0.717) is 60.3 Å². The summed E-state index contributed by atoms with van der Waals surface area (Å²) in [7, 11) is -2.83. The second-order valence-corrected chi connectivity index (χ2v) is 17.4. The Kier molecular flexibility index (Phi) is 12.3. The first kappa shape index (κ1) is 41.9. The molecule has 0 saturated heterocycles. The maximum absolute atomic E-state index is 15.5. The number of nitrogens with one attached hydrogen (secondary N) is 3. The maximum Gasteiger partial charge on any atom is 0.336 e. The number of hydrogen-bond acceptors (Lipinski definition) is 9. The SMILES string of the molecule is Cn1c2c(c(=O)n(-c3ccc(C[C@H](NC(=O)c4cc(F)c(NS(=O)(=O)c5ccc(NC(=O)C(C)(C)C)cc5)cc4F)C(=O)OC4CCCCC4)cn3)c1=O)CCCC2. The van der Waals surface area contributed by atoms with Crippen LogP contribution in [0.25, 0.3) is 5.82 Å². The quantitative estimate of drug-likeness (QED) is 0.173. The number of pyridine rings is 1. The van der Waals surface area contributed by atoms with Crippen LogP contribution in [0.1, 0.15) is 92.9 Å². The fraction of sp³-hybridized carbons (Fsp3) is 0.415. The Hall–Kier alpha value is -5.71. The molecular formula is C41H46F2N6O8S. The largest absolute Gasteiger partial charge is 0.461 e. The molecule has 58 heavy (non-hydrogen) atoms. The standard InChI is InChI=1S/C41H46F2N6O8S/c1-41(2,3)39(53)45-25-15-17-27(18-16-25)58(55,56)47-32-22-30(42)29(21-31(32)43)36(50)46-33(38(52)57-26-10-6-5-7-11-26)20-24-14-19-35(44-23-24)49-37(51)28-12-8-9-13-34(28)48(4)40(49)54/h14-19,21-23,26,33,47H,5-13,20H2,1-4H3,(H,45,53)(H,46,50)/t33-/m0/s1. The number of fused-ring (bicyclic) bond motifs is 1. The molecule has 2 aromatic carbocycles. The number of rotatable bonds is 11. The van der Waals surface area contributed by atoms with Crippen LogP contribution in [0.4, 0.5) is 20.2 Å². The van der Waals surface area contributed by atoms with Gasteiger partial charge in [-0.15, -0.1) is 0 Å². The van der Waals surface area contributed by atoms with Crippen LogP contribution in [-0.4, -0.2) is 52.5 Å². The molecular weight excluding hydrogens is 775 g/mol. The van der Waals surface area contributed by atoms with E-state index in [9.17, 15) is 32.4 Å². The molecule has 1 fully saturated rings. The Morgan fingerprint density at radius 2 is 1.62 bits per heavy atom. The van der Waals surface area contributed by atoms with Crippen molar-refractivity contribution < 1.29 is 36.3 Å². The Bertz CT molecular complexity index is 2450. The van der Waals surface area contributed by atoms with Gasteiger partial charge < -0.3 is 15.4 Å². The molecule has 2 heterocycles. The summed E-state index contributed by atoms with van der Waals surface area (Å²) in [6, 6.07) is 7.70. The fourth-order valence-corrected chi connectivity index (χ4v) is 8.04. The molecule has 1 saturated carbocycles. The molecule has 2 aromatic heterocycles. The number of sulfonamides is 1. The smallest absolute Gasteiger partial charge is 0.336 e. The molecule has 308 valence electrons. The van der Waals surface area contributed by atoms with Crippen LogP contribution in [0, 0.1) is 17.0 Å². The van der Waals surface area contributed by atoms with E-state index in [-0.39, 0.29) is 23.0 Å². The molecule has 6 rings (SSSR count). The van der Waals surface area contributed by atoms with Gasteiger partial charge >= 0.3 is 11.7 Å². The minimum atomic E-state index is -4.44. The van der Waals surface area contributed by atoms with E-state index in [2.05, 4.69) is 15.6 Å². The highest BCUT2D eigenvalue weighted by Gasteiger charge is 2.30. The summed E-state index contributed by atoms with van der Waals surface area (Å²) in [5.41, 5.74) is -1.25. The molecule has 2 aliphatic rings. The number of benzene rings is 2. The summed E-state index contributed by atoms with van der Waals surface area (Å²) in [6.45, 7) is 5.14. The van der Waals surface area contributed by atoms with E-state index in [0.717, 1.165) is 36.7 Å². The maximum atomic E-state index is 15.5.